The van der Waals surface area contributed by atoms with Crippen LogP contribution in [0.1, 0.15) is 15.5 Å². The molecule has 0 radical (unpaired) electrons. The molecular weight excluding hydrogens is 292 g/mol. The maximum absolute atomic E-state index is 11.9. The second-order valence-electron chi connectivity index (χ2n) is 4.22. The van der Waals surface area contributed by atoms with Crippen LogP contribution in [0.4, 0.5) is 0 Å². The molecule has 0 saturated heterocycles. The van der Waals surface area contributed by atoms with Crippen LogP contribution in [0.2, 0.25) is 0 Å². The zero-order chi connectivity index (χ0) is 14.1. The van der Waals surface area contributed by atoms with Crippen molar-refractivity contribution < 1.29 is 4.79 Å². The molecule has 3 rings (SSSR count). The van der Waals surface area contributed by atoms with E-state index >= 15 is 0 Å². The minimum absolute atomic E-state index is 0.285. The molecule has 20 heavy (non-hydrogen) atoms. The molecule has 0 saturated carbocycles. The number of amides is 1. The number of fused-ring (bicyclic) bond motifs is 1. The molecule has 0 unspecified atom stereocenters. The second kappa shape index (κ2) is 5.18. The fourth-order valence-electron chi connectivity index (χ4n) is 1.81. The summed E-state index contributed by atoms with van der Waals surface area (Å²) >= 11 is 2.98. The summed E-state index contributed by atoms with van der Waals surface area (Å²) in [4.78, 5) is 16.8. The van der Waals surface area contributed by atoms with Gasteiger partial charge in [0.2, 0.25) is 4.80 Å². The third kappa shape index (κ3) is 2.37. The number of aryl methyl sites for hydroxylation is 2. The minimum atomic E-state index is -0.285. The Kier molecular flexibility index (Phi) is 3.37. The molecule has 0 fully saturated rings. The maximum Gasteiger partial charge on any atom is 0.290 e. The Morgan fingerprint density at radius 1 is 1.40 bits per heavy atom. The number of nitrogens with zero attached hydrogens (tertiary/aromatic N) is 3. The quantitative estimate of drug-likeness (QED) is 0.738. The Hall–Kier alpha value is -1.99. The average Bonchev–Trinajstić information content (AvgIpc) is 3.01. The Bertz CT molecular complexity index is 843. The molecule has 0 bridgehead atoms. The van der Waals surface area contributed by atoms with E-state index in [1.54, 1.807) is 5.38 Å². The second-order valence-corrected chi connectivity index (χ2v) is 6.29. The molecule has 5 nitrogen and oxygen atoms in total. The van der Waals surface area contributed by atoms with Crippen molar-refractivity contribution in [3.05, 3.63) is 45.1 Å². The van der Waals surface area contributed by atoms with E-state index in [-0.39, 0.29) is 5.91 Å². The Balaban J connectivity index is 1.91. The highest BCUT2D eigenvalue weighted by Gasteiger charge is 2.08. The lowest BCUT2D eigenvalue weighted by molar-refractivity contribution is 0.0948. The molecule has 1 amide bonds. The van der Waals surface area contributed by atoms with E-state index in [4.69, 9.17) is 0 Å². The van der Waals surface area contributed by atoms with Gasteiger partial charge in [0.05, 0.1) is 15.2 Å². The van der Waals surface area contributed by atoms with Crippen LogP contribution >= 0.6 is 22.7 Å². The standard InChI is InChI=1S/C13H12N4OS2/c1-8-14-9(7-19-8)12(18)15-16-13-17(2)10-5-3-4-6-11(10)20-13/h3-7H,1-2H3,(H,15,18)/b16-13+. The molecule has 2 aromatic heterocycles. The minimum Gasteiger partial charge on any atom is -0.318 e. The van der Waals surface area contributed by atoms with E-state index in [1.807, 2.05) is 42.8 Å². The Labute approximate surface area is 123 Å². The number of carbonyl (C=O) groups excluding carboxylic acids is 1. The maximum atomic E-state index is 11.9. The molecule has 1 N–H and O–H groups in total. The van der Waals surface area contributed by atoms with Crippen molar-refractivity contribution >= 4 is 38.8 Å². The number of carbonyl (C=O) groups is 1. The highest BCUT2D eigenvalue weighted by atomic mass is 32.1. The van der Waals surface area contributed by atoms with Crippen molar-refractivity contribution in [1.82, 2.24) is 15.0 Å². The monoisotopic (exact) mass is 304 g/mol. The smallest absolute Gasteiger partial charge is 0.290 e. The summed E-state index contributed by atoms with van der Waals surface area (Å²) in [7, 11) is 1.93. The van der Waals surface area contributed by atoms with Crippen molar-refractivity contribution in [2.75, 3.05) is 0 Å². The van der Waals surface area contributed by atoms with Gasteiger partial charge in [-0.25, -0.2) is 10.4 Å². The van der Waals surface area contributed by atoms with Crippen LogP contribution in [-0.2, 0) is 7.05 Å². The number of hydrogen-bond donors (Lipinski definition) is 1. The molecule has 0 aliphatic carbocycles. The number of nitrogens with one attached hydrogen (secondary N) is 1. The van der Waals surface area contributed by atoms with E-state index in [0.717, 1.165) is 20.0 Å². The number of thiazole rings is 2. The third-order valence-electron chi connectivity index (χ3n) is 2.82. The summed E-state index contributed by atoms with van der Waals surface area (Å²) in [5, 5.41) is 6.77. The lowest BCUT2D eigenvalue weighted by atomic mass is 10.3. The number of rotatable bonds is 2. The summed E-state index contributed by atoms with van der Waals surface area (Å²) < 4.78 is 3.08. The molecule has 3 aromatic rings. The van der Waals surface area contributed by atoms with Crippen LogP contribution < -0.4 is 10.2 Å². The first kappa shape index (κ1) is 13.0. The van der Waals surface area contributed by atoms with Crippen LogP contribution in [0.3, 0.4) is 0 Å². The van der Waals surface area contributed by atoms with Gasteiger partial charge in [-0.1, -0.05) is 23.5 Å². The molecule has 0 aliphatic heterocycles. The fraction of sp³-hybridized carbons (Fsp3) is 0.154. The fourth-order valence-corrected chi connectivity index (χ4v) is 3.38. The zero-order valence-electron chi connectivity index (χ0n) is 11.0. The normalized spacial score (nSPS) is 12.0. The largest absolute Gasteiger partial charge is 0.318 e. The van der Waals surface area contributed by atoms with Gasteiger partial charge in [0.15, 0.2) is 0 Å². The van der Waals surface area contributed by atoms with Crippen molar-refractivity contribution in [3.8, 4) is 0 Å². The topological polar surface area (TPSA) is 59.3 Å². The molecule has 0 atom stereocenters. The summed E-state index contributed by atoms with van der Waals surface area (Å²) in [6, 6.07) is 8.02. The van der Waals surface area contributed by atoms with Gasteiger partial charge in [-0.05, 0) is 19.1 Å². The van der Waals surface area contributed by atoms with Gasteiger partial charge < -0.3 is 4.57 Å². The van der Waals surface area contributed by atoms with Crippen LogP contribution in [-0.4, -0.2) is 15.5 Å². The van der Waals surface area contributed by atoms with Crippen LogP contribution in [0.15, 0.2) is 34.7 Å². The predicted octanol–water partition coefficient (Wildman–Crippen LogP) is 2.25. The highest BCUT2D eigenvalue weighted by molar-refractivity contribution is 7.16. The molecule has 2 heterocycles. The summed E-state index contributed by atoms with van der Waals surface area (Å²) in [6.45, 7) is 1.87. The first-order valence-electron chi connectivity index (χ1n) is 5.96. The first-order chi connectivity index (χ1) is 9.65. The first-order valence-corrected chi connectivity index (χ1v) is 7.65. The van der Waals surface area contributed by atoms with Crippen LogP contribution in [0, 0.1) is 6.92 Å². The van der Waals surface area contributed by atoms with Crippen molar-refractivity contribution in [3.63, 3.8) is 0 Å². The van der Waals surface area contributed by atoms with Gasteiger partial charge in [-0.15, -0.1) is 16.4 Å². The van der Waals surface area contributed by atoms with Gasteiger partial charge in [0.1, 0.15) is 5.69 Å². The van der Waals surface area contributed by atoms with E-state index in [1.165, 1.54) is 22.7 Å². The molecule has 1 aromatic carbocycles. The number of hydrogen-bond acceptors (Lipinski definition) is 5. The van der Waals surface area contributed by atoms with Gasteiger partial charge >= 0.3 is 0 Å². The van der Waals surface area contributed by atoms with Crippen molar-refractivity contribution in [1.29, 1.82) is 0 Å². The highest BCUT2D eigenvalue weighted by Crippen LogP contribution is 2.15. The molecule has 0 aliphatic rings. The van der Waals surface area contributed by atoms with E-state index in [2.05, 4.69) is 15.5 Å². The Morgan fingerprint density at radius 3 is 2.90 bits per heavy atom. The number of para-hydroxylation sites is 1. The SMILES string of the molecule is Cc1nc(C(=O)N/N=c2/sc3ccccc3n2C)cs1. The Morgan fingerprint density at radius 2 is 2.20 bits per heavy atom. The van der Waals surface area contributed by atoms with Gasteiger partial charge in [-0.2, -0.15) is 0 Å². The summed E-state index contributed by atoms with van der Waals surface area (Å²) in [6.07, 6.45) is 0. The average molecular weight is 304 g/mol. The van der Waals surface area contributed by atoms with E-state index in [9.17, 15) is 4.79 Å². The van der Waals surface area contributed by atoms with Crippen molar-refractivity contribution in [2.45, 2.75) is 6.92 Å². The van der Waals surface area contributed by atoms with Gasteiger partial charge in [-0.3, -0.25) is 4.79 Å². The summed E-state index contributed by atoms with van der Waals surface area (Å²) in [5.74, 6) is -0.285. The number of benzene rings is 1. The molecule has 7 heteroatoms. The lowest BCUT2D eigenvalue weighted by Crippen LogP contribution is -2.23. The van der Waals surface area contributed by atoms with E-state index in [0.29, 0.717) is 5.69 Å². The van der Waals surface area contributed by atoms with Crippen LogP contribution in [0.25, 0.3) is 10.2 Å². The van der Waals surface area contributed by atoms with Crippen LogP contribution in [0.5, 0.6) is 0 Å². The van der Waals surface area contributed by atoms with Gasteiger partial charge in [0.25, 0.3) is 5.91 Å². The molecule has 0 spiro atoms. The van der Waals surface area contributed by atoms with Crippen molar-refractivity contribution in [2.24, 2.45) is 12.1 Å². The molecular formula is C13H12N4OS2. The lowest BCUT2D eigenvalue weighted by Gasteiger charge is -1.96. The summed E-state index contributed by atoms with van der Waals surface area (Å²) in [5.41, 5.74) is 4.05. The number of aromatic nitrogens is 2. The van der Waals surface area contributed by atoms with Gasteiger partial charge in [0, 0.05) is 12.4 Å². The van der Waals surface area contributed by atoms with E-state index < -0.39 is 0 Å². The third-order valence-corrected chi connectivity index (χ3v) is 4.71. The molecule has 102 valence electrons. The zero-order valence-corrected chi connectivity index (χ0v) is 12.6. The predicted molar refractivity (Wildman–Crippen MR) is 80.7 cm³/mol.